The zero-order valence-electron chi connectivity index (χ0n) is 12.1. The molecule has 0 spiro atoms. The molecule has 0 aliphatic heterocycles. The van der Waals surface area contributed by atoms with Gasteiger partial charge in [0.05, 0.1) is 0 Å². The molecular formula is C13H15ClO6Pb. The minimum atomic E-state index is -5.14. The third-order valence-corrected chi connectivity index (χ3v) is 13.7. The SMILES string of the molecule is CC(=O)[O][Pb]([O]C(C)=O)([O]C(C)=O)[c]1cc(Cl)ccc1C. The van der Waals surface area contributed by atoms with E-state index in [-0.39, 0.29) is 0 Å². The van der Waals surface area contributed by atoms with Gasteiger partial charge < -0.3 is 0 Å². The topological polar surface area (TPSA) is 78.9 Å². The van der Waals surface area contributed by atoms with Gasteiger partial charge in [0.15, 0.2) is 0 Å². The van der Waals surface area contributed by atoms with Crippen LogP contribution in [0.5, 0.6) is 0 Å². The number of benzene rings is 1. The van der Waals surface area contributed by atoms with Crippen LogP contribution in [0.25, 0.3) is 0 Å². The summed E-state index contributed by atoms with van der Waals surface area (Å²) in [6.45, 7) is 5.18. The Morgan fingerprint density at radius 1 is 0.952 bits per heavy atom. The third kappa shape index (κ3) is 4.96. The minimum absolute atomic E-state index is 0.353. The molecule has 0 bridgehead atoms. The molecule has 1 rings (SSSR count). The molecule has 114 valence electrons. The van der Waals surface area contributed by atoms with Gasteiger partial charge in [0.25, 0.3) is 0 Å². The fourth-order valence-corrected chi connectivity index (χ4v) is 11.9. The summed E-state index contributed by atoms with van der Waals surface area (Å²) in [7, 11) is 0. The van der Waals surface area contributed by atoms with Crippen molar-refractivity contribution in [1.29, 1.82) is 0 Å². The van der Waals surface area contributed by atoms with Gasteiger partial charge in [-0.2, -0.15) is 0 Å². The molecule has 6 nitrogen and oxygen atoms in total. The van der Waals surface area contributed by atoms with Crippen LogP contribution in [0.15, 0.2) is 18.2 Å². The molecule has 0 saturated heterocycles. The molecule has 0 saturated carbocycles. The van der Waals surface area contributed by atoms with Gasteiger partial charge in [0, 0.05) is 0 Å². The molecule has 8 heteroatoms. The van der Waals surface area contributed by atoms with Crippen molar-refractivity contribution in [1.82, 2.24) is 0 Å². The molecule has 21 heavy (non-hydrogen) atoms. The number of hydrogen-bond acceptors (Lipinski definition) is 6. The summed E-state index contributed by atoms with van der Waals surface area (Å²) in [6.07, 6.45) is 0. The molecule has 0 aliphatic carbocycles. The first-order chi connectivity index (χ1) is 9.66. The van der Waals surface area contributed by atoms with Crippen LogP contribution >= 0.6 is 11.6 Å². The van der Waals surface area contributed by atoms with E-state index in [1.165, 1.54) is 6.07 Å². The molecule has 0 radical (unpaired) electrons. The summed E-state index contributed by atoms with van der Waals surface area (Å²) in [5, 5.41) is 0.353. The van der Waals surface area contributed by atoms with E-state index in [1.54, 1.807) is 19.1 Å². The normalized spacial score (nSPS) is 10.7. The predicted octanol–water partition coefficient (Wildman–Crippen LogP) is 1.48. The van der Waals surface area contributed by atoms with E-state index >= 15 is 0 Å². The summed E-state index contributed by atoms with van der Waals surface area (Å²) in [4.78, 5) is 34.2. The number of carbonyl (C=O) groups excluding carboxylic acids is 3. The van der Waals surface area contributed by atoms with Gasteiger partial charge in [0.2, 0.25) is 0 Å². The molecule has 1 aromatic rings. The summed E-state index contributed by atoms with van der Waals surface area (Å²) in [6, 6.07) is 4.80. The second-order valence-corrected chi connectivity index (χ2v) is 13.5. The van der Waals surface area contributed by atoms with Gasteiger partial charge in [-0.05, 0) is 0 Å². The first kappa shape index (κ1) is 17.9. The molecule has 0 aliphatic rings. The number of carbonyl (C=O) groups is 3. The fraction of sp³-hybridized carbons (Fsp3) is 0.308. The molecule has 0 aromatic heterocycles. The molecule has 0 fully saturated rings. The second-order valence-electron chi connectivity index (χ2n) is 4.30. The van der Waals surface area contributed by atoms with Crippen molar-refractivity contribution in [2.24, 2.45) is 0 Å². The van der Waals surface area contributed by atoms with Crippen molar-refractivity contribution in [2.75, 3.05) is 0 Å². The van der Waals surface area contributed by atoms with Gasteiger partial charge >= 0.3 is 134 Å². The van der Waals surface area contributed by atoms with Crippen molar-refractivity contribution in [2.45, 2.75) is 27.7 Å². The van der Waals surface area contributed by atoms with Gasteiger partial charge in [-0.15, -0.1) is 0 Å². The fourth-order valence-electron chi connectivity index (χ4n) is 1.72. The Bertz CT molecular complexity index is 545. The number of aryl methyl sites for hydroxylation is 1. The van der Waals surface area contributed by atoms with Crippen LogP contribution in [0.2, 0.25) is 5.02 Å². The van der Waals surface area contributed by atoms with E-state index in [1.807, 2.05) is 0 Å². The van der Waals surface area contributed by atoms with E-state index in [4.69, 9.17) is 19.7 Å². The van der Waals surface area contributed by atoms with Gasteiger partial charge in [-0.3, -0.25) is 0 Å². The Hall–Kier alpha value is -1.16. The third-order valence-electron chi connectivity index (χ3n) is 2.36. The van der Waals surface area contributed by atoms with Crippen LogP contribution in [0.3, 0.4) is 0 Å². The molecule has 0 unspecified atom stereocenters. The Morgan fingerprint density at radius 3 is 1.76 bits per heavy atom. The van der Waals surface area contributed by atoms with Gasteiger partial charge in [-0.25, -0.2) is 0 Å². The van der Waals surface area contributed by atoms with Crippen molar-refractivity contribution in [3.05, 3.63) is 28.8 Å². The molecule has 0 heterocycles. The molecule has 0 atom stereocenters. The van der Waals surface area contributed by atoms with Gasteiger partial charge in [-0.1, -0.05) is 0 Å². The van der Waals surface area contributed by atoms with Crippen LogP contribution in [-0.4, -0.2) is 40.4 Å². The Kier molecular flexibility index (Phi) is 6.14. The van der Waals surface area contributed by atoms with Crippen molar-refractivity contribution < 1.29 is 22.4 Å². The first-order valence-corrected chi connectivity index (χ1v) is 13.1. The van der Waals surface area contributed by atoms with Gasteiger partial charge in [0.1, 0.15) is 0 Å². The van der Waals surface area contributed by atoms with Crippen LogP contribution < -0.4 is 3.12 Å². The quantitative estimate of drug-likeness (QED) is 0.572. The maximum absolute atomic E-state index is 11.4. The Morgan fingerprint density at radius 2 is 1.38 bits per heavy atom. The van der Waals surface area contributed by atoms with Crippen LogP contribution in [0.4, 0.5) is 0 Å². The molecule has 1 aromatic carbocycles. The van der Waals surface area contributed by atoms with Crippen LogP contribution in [0.1, 0.15) is 26.3 Å². The number of halogens is 1. The number of rotatable bonds is 4. The predicted molar refractivity (Wildman–Crippen MR) is 76.9 cm³/mol. The van der Waals surface area contributed by atoms with Crippen LogP contribution in [-0.2, 0) is 22.4 Å². The first-order valence-electron chi connectivity index (χ1n) is 6.01. The summed E-state index contributed by atoms with van der Waals surface area (Å²) in [5.41, 5.74) is 0.657. The molecule has 0 amide bonds. The zero-order valence-corrected chi connectivity index (χ0v) is 16.7. The van der Waals surface area contributed by atoms with E-state index in [9.17, 15) is 14.4 Å². The maximum atomic E-state index is 11.4. The summed E-state index contributed by atoms with van der Waals surface area (Å²) < 4.78 is 16.0. The van der Waals surface area contributed by atoms with Crippen molar-refractivity contribution in [3.63, 3.8) is 0 Å². The second kappa shape index (κ2) is 7.21. The Balaban J connectivity index is 3.51. The van der Waals surface area contributed by atoms with Crippen molar-refractivity contribution >= 4 is 55.2 Å². The standard InChI is InChI=1S/C7H6Cl.3C2H4O2.Pb/c1-6-2-4-7(8)5-3-6;3*1-2(3)4;/h2,4-5H,1H3;3*1H3,(H,3,4);/q;;;;+3/p-3. The van der Waals surface area contributed by atoms with Crippen LogP contribution in [0, 0.1) is 6.92 Å². The summed E-state index contributed by atoms with van der Waals surface area (Å²) in [5.74, 6) is -2.09. The summed E-state index contributed by atoms with van der Waals surface area (Å²) >= 11 is 0.811. The van der Waals surface area contributed by atoms with E-state index in [2.05, 4.69) is 0 Å². The zero-order chi connectivity index (χ0) is 16.2. The van der Waals surface area contributed by atoms with E-state index in [0.29, 0.717) is 13.7 Å². The average molecular weight is 510 g/mol. The average Bonchev–Trinajstić information content (AvgIpc) is 2.29. The number of hydrogen-bond donors (Lipinski definition) is 0. The van der Waals surface area contributed by atoms with E-state index < -0.39 is 40.4 Å². The van der Waals surface area contributed by atoms with Crippen molar-refractivity contribution in [3.8, 4) is 0 Å². The molecular weight excluding hydrogens is 495 g/mol. The monoisotopic (exact) mass is 510 g/mol. The molecule has 0 N–H and O–H groups in total. The van der Waals surface area contributed by atoms with E-state index in [0.717, 1.165) is 20.8 Å². The Labute approximate surface area is 133 Å².